The summed E-state index contributed by atoms with van der Waals surface area (Å²) in [6.45, 7) is 3.07. The molecule has 2 aromatic carbocycles. The Kier molecular flexibility index (Phi) is 8.57. The van der Waals surface area contributed by atoms with Gasteiger partial charge in [0.2, 0.25) is 0 Å². The molecule has 0 amide bonds. The zero-order chi connectivity index (χ0) is 29.3. The Labute approximate surface area is 240 Å². The van der Waals surface area contributed by atoms with E-state index in [0.717, 1.165) is 15.8 Å². The quantitative estimate of drug-likeness (QED) is 0.417. The summed E-state index contributed by atoms with van der Waals surface area (Å²) in [6, 6.07) is 15.6. The second kappa shape index (κ2) is 12.0. The predicted octanol–water partition coefficient (Wildman–Crippen LogP) is 2.69. The highest BCUT2D eigenvalue weighted by molar-refractivity contribution is 7.86. The molecule has 3 atom stereocenters. The Bertz CT molecular complexity index is 1480. The van der Waals surface area contributed by atoms with Gasteiger partial charge in [-0.3, -0.25) is 4.79 Å². The summed E-state index contributed by atoms with van der Waals surface area (Å²) in [5.41, 5.74) is 8.03. The second-order valence-corrected chi connectivity index (χ2v) is 12.8. The molecule has 2 saturated heterocycles. The number of aromatic nitrogens is 2. The van der Waals surface area contributed by atoms with Gasteiger partial charge in [0.15, 0.2) is 11.6 Å². The molecule has 3 aromatic rings. The minimum atomic E-state index is -3.86. The summed E-state index contributed by atoms with van der Waals surface area (Å²) >= 11 is 0. The molecule has 10 nitrogen and oxygen atoms in total. The van der Waals surface area contributed by atoms with Crippen molar-refractivity contribution >= 4 is 21.9 Å². The lowest BCUT2D eigenvalue weighted by Crippen LogP contribution is -2.51. The zero-order valence-corrected chi connectivity index (χ0v) is 24.2. The fourth-order valence-corrected chi connectivity index (χ4v) is 7.74. The molecule has 2 aliphatic rings. The molecular formula is C29H37FN6O4S. The fourth-order valence-electron chi connectivity index (χ4n) is 5.82. The monoisotopic (exact) mass is 584 g/mol. The maximum absolute atomic E-state index is 16.5. The Balaban J connectivity index is 1.51. The van der Waals surface area contributed by atoms with Crippen molar-refractivity contribution in [3.8, 4) is 0 Å². The maximum Gasteiger partial charge on any atom is 0.282 e. The molecule has 5 rings (SSSR count). The lowest BCUT2D eigenvalue weighted by molar-refractivity contribution is 0.0945. The van der Waals surface area contributed by atoms with E-state index in [2.05, 4.69) is 5.10 Å². The topological polar surface area (TPSA) is 125 Å². The van der Waals surface area contributed by atoms with Crippen molar-refractivity contribution in [2.24, 2.45) is 5.73 Å². The van der Waals surface area contributed by atoms with Gasteiger partial charge in [-0.2, -0.15) is 26.8 Å². The van der Waals surface area contributed by atoms with Crippen molar-refractivity contribution in [1.82, 2.24) is 18.4 Å². The largest absolute Gasteiger partial charge is 0.392 e. The van der Waals surface area contributed by atoms with Crippen LogP contribution < -0.4 is 10.6 Å². The first-order chi connectivity index (χ1) is 19.6. The maximum atomic E-state index is 16.5. The van der Waals surface area contributed by atoms with Crippen molar-refractivity contribution in [3.05, 3.63) is 82.8 Å². The highest BCUT2D eigenvalue weighted by Gasteiger charge is 2.43. The average Bonchev–Trinajstić information content (AvgIpc) is 3.57. The van der Waals surface area contributed by atoms with Gasteiger partial charge >= 0.3 is 0 Å². The fraction of sp³-hybridized carbons (Fsp3) is 0.448. The molecule has 2 aliphatic heterocycles. The third-order valence-electron chi connectivity index (χ3n) is 8.11. The number of rotatable bonds is 8. The van der Waals surface area contributed by atoms with Crippen LogP contribution in [0.1, 0.15) is 59.3 Å². The number of nitrogens with two attached hydrogens (primary N) is 1. The molecule has 220 valence electrons. The van der Waals surface area contributed by atoms with E-state index in [1.54, 1.807) is 49.2 Å². The van der Waals surface area contributed by atoms with Crippen LogP contribution in [0, 0.1) is 5.82 Å². The van der Waals surface area contributed by atoms with Crippen LogP contribution in [-0.2, 0) is 23.3 Å². The van der Waals surface area contributed by atoms with Crippen LogP contribution in [0.3, 0.4) is 0 Å². The smallest absolute Gasteiger partial charge is 0.282 e. The van der Waals surface area contributed by atoms with Crippen molar-refractivity contribution in [3.63, 3.8) is 0 Å². The minimum absolute atomic E-state index is 0.0200. The molecule has 2 fully saturated rings. The van der Waals surface area contributed by atoms with Gasteiger partial charge in [-0.15, -0.1) is 0 Å². The van der Waals surface area contributed by atoms with Crippen LogP contribution in [0.2, 0.25) is 0 Å². The zero-order valence-electron chi connectivity index (χ0n) is 23.4. The SMILES string of the molecule is CC1C(c2nn(C(=O)c3ccccc3)c(N(C)Cc3ccc(CN)cc3)c2F)CCCN1S(=O)(=O)N1CCC(O)C1. The van der Waals surface area contributed by atoms with Crippen LogP contribution >= 0.6 is 0 Å². The number of carbonyl (C=O) groups is 1. The van der Waals surface area contributed by atoms with E-state index in [1.165, 1.54) is 8.61 Å². The Morgan fingerprint density at radius 3 is 2.41 bits per heavy atom. The molecule has 0 radical (unpaired) electrons. The van der Waals surface area contributed by atoms with Gasteiger partial charge in [-0.25, -0.2) is 4.39 Å². The third kappa shape index (κ3) is 5.80. The number of hydrogen-bond acceptors (Lipinski definition) is 7. The molecule has 41 heavy (non-hydrogen) atoms. The molecule has 3 unspecified atom stereocenters. The van der Waals surface area contributed by atoms with E-state index in [-0.39, 0.29) is 24.6 Å². The Morgan fingerprint density at radius 1 is 1.10 bits per heavy atom. The van der Waals surface area contributed by atoms with Crippen LogP contribution in [0.15, 0.2) is 54.6 Å². The second-order valence-electron chi connectivity index (χ2n) is 10.9. The van der Waals surface area contributed by atoms with Gasteiger partial charge in [0.25, 0.3) is 16.1 Å². The van der Waals surface area contributed by atoms with Gasteiger partial charge < -0.3 is 15.7 Å². The summed E-state index contributed by atoms with van der Waals surface area (Å²) in [7, 11) is -2.16. The minimum Gasteiger partial charge on any atom is -0.392 e. The summed E-state index contributed by atoms with van der Waals surface area (Å²) in [5, 5.41) is 14.5. The molecule has 0 spiro atoms. The van der Waals surface area contributed by atoms with Gasteiger partial charge in [0.05, 0.1) is 6.10 Å². The highest BCUT2D eigenvalue weighted by atomic mass is 32.2. The highest BCUT2D eigenvalue weighted by Crippen LogP contribution is 2.38. The average molecular weight is 585 g/mol. The molecule has 0 aliphatic carbocycles. The van der Waals surface area contributed by atoms with E-state index in [4.69, 9.17) is 5.73 Å². The number of piperidine rings is 1. The van der Waals surface area contributed by atoms with Gasteiger partial charge in [-0.05, 0) is 49.4 Å². The number of nitrogens with zero attached hydrogens (tertiary/aromatic N) is 5. The summed E-state index contributed by atoms with van der Waals surface area (Å²) < 4.78 is 47.2. The number of carbonyl (C=O) groups excluding carboxylic acids is 1. The van der Waals surface area contributed by atoms with Crippen molar-refractivity contribution in [2.75, 3.05) is 31.6 Å². The van der Waals surface area contributed by atoms with E-state index in [0.29, 0.717) is 44.5 Å². The number of benzene rings is 2. The first kappa shape index (κ1) is 29.3. The molecular weight excluding hydrogens is 547 g/mol. The van der Waals surface area contributed by atoms with E-state index in [1.807, 2.05) is 24.3 Å². The molecule has 0 saturated carbocycles. The number of hydrogen-bond donors (Lipinski definition) is 2. The van der Waals surface area contributed by atoms with Crippen molar-refractivity contribution in [2.45, 2.75) is 57.3 Å². The van der Waals surface area contributed by atoms with E-state index >= 15 is 4.39 Å². The van der Waals surface area contributed by atoms with Crippen LogP contribution in [0.4, 0.5) is 10.2 Å². The first-order valence-electron chi connectivity index (χ1n) is 13.9. The number of aliphatic hydroxyl groups is 1. The van der Waals surface area contributed by atoms with Gasteiger partial charge in [0.1, 0.15) is 5.69 Å². The molecule has 1 aromatic heterocycles. The van der Waals surface area contributed by atoms with Crippen LogP contribution in [0.25, 0.3) is 0 Å². The lowest BCUT2D eigenvalue weighted by Gasteiger charge is -2.39. The normalized spacial score (nSPS) is 22.2. The Morgan fingerprint density at radius 2 is 1.78 bits per heavy atom. The Hall–Kier alpha value is -3.16. The van der Waals surface area contributed by atoms with E-state index in [9.17, 15) is 18.3 Å². The molecule has 3 heterocycles. The van der Waals surface area contributed by atoms with Crippen LogP contribution in [-0.4, -0.2) is 76.7 Å². The number of β-amino-alcohol motifs (C(OH)–C–C–N with tert-alkyl or cyclic N) is 1. The van der Waals surface area contributed by atoms with Crippen molar-refractivity contribution < 1.29 is 22.7 Å². The predicted molar refractivity (Wildman–Crippen MR) is 154 cm³/mol. The summed E-state index contributed by atoms with van der Waals surface area (Å²) in [4.78, 5) is 15.3. The standard InChI is InChI=1S/C29H37FN6O4S/c1-20-25(9-6-15-35(20)41(39,40)34-16-14-24(37)19-34)27-26(30)28(33(2)18-22-12-10-21(17-31)11-13-22)36(32-27)29(38)23-7-4-3-5-8-23/h3-5,7-8,10-13,20,24-25,37H,6,9,14-19,31H2,1-2H3. The summed E-state index contributed by atoms with van der Waals surface area (Å²) in [5.74, 6) is -1.66. The molecule has 0 bridgehead atoms. The lowest BCUT2D eigenvalue weighted by atomic mass is 9.89. The van der Waals surface area contributed by atoms with Gasteiger partial charge in [-0.1, -0.05) is 42.5 Å². The molecule has 3 N–H and O–H groups in total. The third-order valence-corrected chi connectivity index (χ3v) is 10.2. The first-order valence-corrected chi connectivity index (χ1v) is 15.3. The number of aliphatic hydroxyl groups excluding tert-OH is 1. The summed E-state index contributed by atoms with van der Waals surface area (Å²) in [6.07, 6.45) is 0.730. The van der Waals surface area contributed by atoms with Crippen molar-refractivity contribution in [1.29, 1.82) is 0 Å². The molecule has 12 heteroatoms. The van der Waals surface area contributed by atoms with Gasteiger partial charge in [0, 0.05) is 57.3 Å². The number of halogens is 1. The number of anilines is 1. The van der Waals surface area contributed by atoms with E-state index < -0.39 is 40.0 Å². The van der Waals surface area contributed by atoms with Crippen LogP contribution in [0.5, 0.6) is 0 Å².